The average molecular weight is 319 g/mol. The van der Waals surface area contributed by atoms with Crippen molar-refractivity contribution in [2.45, 2.75) is 0 Å². The highest BCUT2D eigenvalue weighted by molar-refractivity contribution is 5.72. The lowest BCUT2D eigenvalue weighted by atomic mass is 10.1. The summed E-state index contributed by atoms with van der Waals surface area (Å²) in [6.07, 6.45) is 0. The molecular formula is C17H13N5O2. The summed E-state index contributed by atoms with van der Waals surface area (Å²) in [5, 5.41) is 22.2. The minimum Gasteiger partial charge on any atom is -0.497 e. The molecule has 0 bridgehead atoms. The minimum absolute atomic E-state index is 0.174. The van der Waals surface area contributed by atoms with Crippen LogP contribution >= 0.6 is 0 Å². The number of ether oxygens (including phenoxy) is 1. The molecule has 0 radical (unpaired) electrons. The number of aromatic nitrogens is 2. The fraction of sp³-hybridized carbons (Fsp3) is 0.0588. The summed E-state index contributed by atoms with van der Waals surface area (Å²) in [6, 6.07) is 15.9. The smallest absolute Gasteiger partial charge is 0.292 e. The van der Waals surface area contributed by atoms with Crippen LogP contribution in [0.2, 0.25) is 0 Å². The molecule has 0 amide bonds. The maximum atomic E-state index is 12.0. The molecular weight excluding hydrogens is 306 g/mol. The number of aromatic amines is 2. The summed E-state index contributed by atoms with van der Waals surface area (Å²) in [7, 11) is 1.57. The Labute approximate surface area is 137 Å². The van der Waals surface area contributed by atoms with Crippen LogP contribution in [0.3, 0.4) is 0 Å². The first-order chi connectivity index (χ1) is 11.7. The van der Waals surface area contributed by atoms with E-state index in [0.29, 0.717) is 22.7 Å². The van der Waals surface area contributed by atoms with Crippen molar-refractivity contribution >= 4 is 11.4 Å². The molecule has 1 heterocycles. The first kappa shape index (κ1) is 15.2. The lowest BCUT2D eigenvalue weighted by Crippen LogP contribution is -1.96. The van der Waals surface area contributed by atoms with E-state index in [2.05, 4.69) is 20.4 Å². The second-order valence-electron chi connectivity index (χ2n) is 4.89. The summed E-state index contributed by atoms with van der Waals surface area (Å²) in [5.74, 6) is 0.671. The van der Waals surface area contributed by atoms with Crippen LogP contribution < -0.4 is 10.3 Å². The van der Waals surface area contributed by atoms with Crippen LogP contribution in [0.5, 0.6) is 5.75 Å². The number of azo groups is 1. The number of hydrogen-bond acceptors (Lipinski definition) is 5. The summed E-state index contributed by atoms with van der Waals surface area (Å²) in [4.78, 5) is 12.0. The lowest BCUT2D eigenvalue weighted by Gasteiger charge is -2.02. The van der Waals surface area contributed by atoms with Gasteiger partial charge >= 0.3 is 0 Å². The second-order valence-corrected chi connectivity index (χ2v) is 4.89. The van der Waals surface area contributed by atoms with Gasteiger partial charge in [-0.3, -0.25) is 15.0 Å². The predicted octanol–water partition coefficient (Wildman–Crippen LogP) is 3.67. The van der Waals surface area contributed by atoms with Crippen LogP contribution in [0.1, 0.15) is 5.56 Å². The number of hydrogen-bond donors (Lipinski definition) is 2. The van der Waals surface area contributed by atoms with E-state index in [1.807, 2.05) is 24.3 Å². The third kappa shape index (κ3) is 3.08. The van der Waals surface area contributed by atoms with E-state index in [1.165, 1.54) is 0 Å². The van der Waals surface area contributed by atoms with E-state index in [1.54, 1.807) is 37.4 Å². The Kier molecular flexibility index (Phi) is 4.21. The summed E-state index contributed by atoms with van der Waals surface area (Å²) < 4.78 is 5.19. The molecule has 3 rings (SSSR count). The standard InChI is InChI=1S/C17H13N5O2/c1-24-14-4-2-3-12(9-14)15-16(17(23)22-20-15)21-19-13-7-5-11(10-18)6-8-13/h2-9H,1H3,(H2,20,22,23). The van der Waals surface area contributed by atoms with Crippen molar-refractivity contribution in [2.24, 2.45) is 10.2 Å². The Morgan fingerprint density at radius 1 is 1.08 bits per heavy atom. The Hall–Kier alpha value is -3.66. The molecule has 3 aromatic rings. The van der Waals surface area contributed by atoms with Crippen molar-refractivity contribution < 1.29 is 4.74 Å². The molecule has 0 aliphatic heterocycles. The molecule has 0 spiro atoms. The van der Waals surface area contributed by atoms with E-state index in [0.717, 1.165) is 5.56 Å². The van der Waals surface area contributed by atoms with Crippen LogP contribution in [-0.4, -0.2) is 17.3 Å². The van der Waals surface area contributed by atoms with Gasteiger partial charge in [0.15, 0.2) is 5.69 Å². The Morgan fingerprint density at radius 3 is 2.58 bits per heavy atom. The molecule has 2 N–H and O–H groups in total. The van der Waals surface area contributed by atoms with Crippen LogP contribution in [-0.2, 0) is 0 Å². The minimum atomic E-state index is -0.370. The van der Waals surface area contributed by atoms with Gasteiger partial charge in [-0.25, -0.2) is 0 Å². The maximum absolute atomic E-state index is 12.0. The van der Waals surface area contributed by atoms with E-state index < -0.39 is 0 Å². The van der Waals surface area contributed by atoms with Crippen LogP contribution in [0.15, 0.2) is 63.6 Å². The lowest BCUT2D eigenvalue weighted by molar-refractivity contribution is 0.415. The summed E-state index contributed by atoms with van der Waals surface area (Å²) in [6.45, 7) is 0. The molecule has 7 nitrogen and oxygen atoms in total. The highest BCUT2D eigenvalue weighted by Gasteiger charge is 2.12. The van der Waals surface area contributed by atoms with Crippen LogP contribution in [0.4, 0.5) is 11.4 Å². The molecule has 0 atom stereocenters. The van der Waals surface area contributed by atoms with Crippen molar-refractivity contribution in [1.82, 2.24) is 10.2 Å². The van der Waals surface area contributed by atoms with E-state index in [4.69, 9.17) is 10.00 Å². The Bertz CT molecular complexity index is 977. The molecule has 2 aromatic carbocycles. The predicted molar refractivity (Wildman–Crippen MR) is 88.7 cm³/mol. The van der Waals surface area contributed by atoms with Gasteiger partial charge < -0.3 is 4.74 Å². The molecule has 0 unspecified atom stereocenters. The third-order valence-electron chi connectivity index (χ3n) is 3.37. The maximum Gasteiger partial charge on any atom is 0.292 e. The van der Waals surface area contributed by atoms with Gasteiger partial charge in [0.2, 0.25) is 0 Å². The molecule has 0 saturated heterocycles. The van der Waals surface area contributed by atoms with Gasteiger partial charge in [-0.1, -0.05) is 12.1 Å². The highest BCUT2D eigenvalue weighted by atomic mass is 16.5. The topological polar surface area (TPSA) is 106 Å². The van der Waals surface area contributed by atoms with E-state index in [9.17, 15) is 4.79 Å². The zero-order chi connectivity index (χ0) is 16.9. The summed E-state index contributed by atoms with van der Waals surface area (Å²) >= 11 is 0. The third-order valence-corrected chi connectivity index (χ3v) is 3.37. The van der Waals surface area contributed by atoms with Gasteiger partial charge in [-0.05, 0) is 36.4 Å². The fourth-order valence-electron chi connectivity index (χ4n) is 2.14. The molecule has 7 heteroatoms. The summed E-state index contributed by atoms with van der Waals surface area (Å²) in [5.41, 5.74) is 2.16. The van der Waals surface area contributed by atoms with Gasteiger partial charge in [0.05, 0.1) is 30.1 Å². The van der Waals surface area contributed by atoms with Gasteiger partial charge in [0, 0.05) is 5.56 Å². The van der Waals surface area contributed by atoms with E-state index >= 15 is 0 Å². The number of H-pyrrole nitrogens is 2. The molecule has 0 aliphatic carbocycles. The number of methoxy groups -OCH3 is 1. The zero-order valence-electron chi connectivity index (χ0n) is 12.8. The zero-order valence-corrected chi connectivity index (χ0v) is 12.8. The van der Waals surface area contributed by atoms with Crippen LogP contribution in [0.25, 0.3) is 11.3 Å². The number of nitriles is 1. The molecule has 118 valence electrons. The van der Waals surface area contributed by atoms with Gasteiger partial charge in [0.25, 0.3) is 5.56 Å². The van der Waals surface area contributed by atoms with Crippen molar-refractivity contribution in [2.75, 3.05) is 7.11 Å². The average Bonchev–Trinajstić information content (AvgIpc) is 3.01. The fourth-order valence-corrected chi connectivity index (χ4v) is 2.14. The van der Waals surface area contributed by atoms with Crippen LogP contribution in [0, 0.1) is 11.3 Å². The molecule has 24 heavy (non-hydrogen) atoms. The number of rotatable bonds is 4. The first-order valence-electron chi connectivity index (χ1n) is 7.08. The van der Waals surface area contributed by atoms with Crippen molar-refractivity contribution in [3.05, 3.63) is 64.4 Å². The molecule has 1 aromatic heterocycles. The number of nitrogens with one attached hydrogen (secondary N) is 2. The van der Waals surface area contributed by atoms with Crippen molar-refractivity contribution in [3.63, 3.8) is 0 Å². The number of nitrogens with zero attached hydrogens (tertiary/aromatic N) is 3. The Morgan fingerprint density at radius 2 is 1.88 bits per heavy atom. The van der Waals surface area contributed by atoms with Gasteiger partial charge in [0.1, 0.15) is 5.75 Å². The SMILES string of the molecule is COc1cccc(-c2[nH][nH]c(=O)c2N=Nc2ccc(C#N)cc2)c1. The molecule has 0 aliphatic rings. The van der Waals surface area contributed by atoms with Gasteiger partial charge in [-0.15, -0.1) is 5.11 Å². The van der Waals surface area contributed by atoms with E-state index in [-0.39, 0.29) is 11.2 Å². The first-order valence-corrected chi connectivity index (χ1v) is 7.08. The molecule has 0 fully saturated rings. The van der Waals surface area contributed by atoms with Crippen molar-refractivity contribution in [1.29, 1.82) is 5.26 Å². The monoisotopic (exact) mass is 319 g/mol. The number of benzene rings is 2. The second kappa shape index (κ2) is 6.62. The van der Waals surface area contributed by atoms with Gasteiger partial charge in [-0.2, -0.15) is 10.4 Å². The highest BCUT2D eigenvalue weighted by Crippen LogP contribution is 2.28. The quantitative estimate of drug-likeness (QED) is 0.716. The normalized spacial score (nSPS) is 10.7. The molecule has 0 saturated carbocycles. The largest absolute Gasteiger partial charge is 0.497 e. The Balaban J connectivity index is 1.96. The van der Waals surface area contributed by atoms with Crippen molar-refractivity contribution in [3.8, 4) is 23.1 Å².